The quantitative estimate of drug-likeness (QED) is 0.825. The summed E-state index contributed by atoms with van der Waals surface area (Å²) < 4.78 is 5.49. The monoisotopic (exact) mass is 302 g/mol. The fourth-order valence-electron chi connectivity index (χ4n) is 1.83. The van der Waals surface area contributed by atoms with Crippen LogP contribution >= 0.6 is 11.3 Å². The van der Waals surface area contributed by atoms with Gasteiger partial charge in [0.15, 0.2) is 0 Å². The lowest BCUT2D eigenvalue weighted by Gasteiger charge is -2.16. The molecule has 2 N–H and O–H groups in total. The molecule has 5 heteroatoms. The van der Waals surface area contributed by atoms with Crippen molar-refractivity contribution in [3.63, 3.8) is 0 Å². The van der Waals surface area contributed by atoms with Crippen LogP contribution in [-0.4, -0.2) is 24.4 Å². The van der Waals surface area contributed by atoms with Gasteiger partial charge in [-0.25, -0.2) is 0 Å². The second-order valence-electron chi connectivity index (χ2n) is 4.75. The maximum atomic E-state index is 9.92. The van der Waals surface area contributed by atoms with Crippen molar-refractivity contribution in [1.82, 2.24) is 5.32 Å². The molecule has 1 heterocycles. The van der Waals surface area contributed by atoms with Gasteiger partial charge in [-0.2, -0.15) is 5.26 Å². The lowest BCUT2D eigenvalue weighted by molar-refractivity contribution is 0.104. The summed E-state index contributed by atoms with van der Waals surface area (Å²) in [4.78, 5) is 1.25. The second kappa shape index (κ2) is 7.79. The number of aliphatic hydroxyl groups excluding tert-OH is 1. The Bertz CT molecular complexity index is 575. The van der Waals surface area contributed by atoms with E-state index in [1.54, 1.807) is 35.6 Å². The summed E-state index contributed by atoms with van der Waals surface area (Å²) in [7, 11) is 0. The van der Waals surface area contributed by atoms with E-state index in [-0.39, 0.29) is 12.6 Å². The number of ether oxygens (including phenoxy) is 1. The molecule has 0 fully saturated rings. The lowest BCUT2D eigenvalue weighted by Crippen LogP contribution is -2.32. The highest BCUT2D eigenvalue weighted by Crippen LogP contribution is 2.18. The van der Waals surface area contributed by atoms with E-state index >= 15 is 0 Å². The highest BCUT2D eigenvalue weighted by atomic mass is 32.1. The normalized spacial score (nSPS) is 13.4. The zero-order valence-corrected chi connectivity index (χ0v) is 12.6. The summed E-state index contributed by atoms with van der Waals surface area (Å²) in [5.41, 5.74) is 0.592. The number of nitrogens with zero attached hydrogens (tertiary/aromatic N) is 1. The fraction of sp³-hybridized carbons (Fsp3) is 0.312. The summed E-state index contributed by atoms with van der Waals surface area (Å²) >= 11 is 1.69. The zero-order chi connectivity index (χ0) is 15.1. The molecule has 0 amide bonds. The average molecular weight is 302 g/mol. The number of thiophene rings is 1. The first kappa shape index (κ1) is 15.5. The first-order valence-corrected chi connectivity index (χ1v) is 7.65. The Morgan fingerprint density at radius 3 is 2.71 bits per heavy atom. The topological polar surface area (TPSA) is 65.3 Å². The number of aliphatic hydroxyl groups is 1. The van der Waals surface area contributed by atoms with E-state index < -0.39 is 6.10 Å². The standard InChI is InChI=1S/C16H18N2O2S/c1-12(16-3-2-8-21-16)18-10-14(19)11-20-15-6-4-13(9-17)5-7-15/h2-8,12,14,18-19H,10-11H2,1H3/t12-,14?/m1/s1. The minimum absolute atomic E-state index is 0.217. The van der Waals surface area contributed by atoms with Crippen molar-refractivity contribution in [3.8, 4) is 11.8 Å². The van der Waals surface area contributed by atoms with Crippen LogP contribution in [0.15, 0.2) is 41.8 Å². The van der Waals surface area contributed by atoms with Crippen LogP contribution in [0.2, 0.25) is 0 Å². The van der Waals surface area contributed by atoms with Gasteiger partial charge in [0.1, 0.15) is 18.5 Å². The summed E-state index contributed by atoms with van der Waals surface area (Å²) in [6.45, 7) is 2.76. The average Bonchev–Trinajstić information content (AvgIpc) is 3.05. The molecule has 2 atom stereocenters. The zero-order valence-electron chi connectivity index (χ0n) is 11.8. The number of hydrogen-bond acceptors (Lipinski definition) is 5. The van der Waals surface area contributed by atoms with Crippen molar-refractivity contribution in [1.29, 1.82) is 5.26 Å². The Hall–Kier alpha value is -1.87. The summed E-state index contributed by atoms with van der Waals surface area (Å²) in [6, 6.07) is 13.2. The molecule has 2 aromatic rings. The molecule has 21 heavy (non-hydrogen) atoms. The maximum Gasteiger partial charge on any atom is 0.119 e. The largest absolute Gasteiger partial charge is 0.491 e. The van der Waals surface area contributed by atoms with E-state index in [4.69, 9.17) is 10.00 Å². The summed E-state index contributed by atoms with van der Waals surface area (Å²) in [5.74, 6) is 0.652. The Morgan fingerprint density at radius 1 is 1.33 bits per heavy atom. The molecule has 0 spiro atoms. The van der Waals surface area contributed by atoms with Crippen molar-refractivity contribution in [3.05, 3.63) is 52.2 Å². The summed E-state index contributed by atoms with van der Waals surface area (Å²) in [5, 5.41) is 23.9. The highest BCUT2D eigenvalue weighted by molar-refractivity contribution is 7.10. The Balaban J connectivity index is 1.72. The smallest absolute Gasteiger partial charge is 0.119 e. The number of benzene rings is 1. The highest BCUT2D eigenvalue weighted by Gasteiger charge is 2.10. The van der Waals surface area contributed by atoms with E-state index in [2.05, 4.69) is 24.4 Å². The number of nitrogens with one attached hydrogen (secondary N) is 1. The second-order valence-corrected chi connectivity index (χ2v) is 5.73. The molecular weight excluding hydrogens is 284 g/mol. The van der Waals surface area contributed by atoms with E-state index in [9.17, 15) is 5.11 Å². The van der Waals surface area contributed by atoms with Crippen LogP contribution in [0.3, 0.4) is 0 Å². The molecule has 1 aromatic heterocycles. The first-order valence-electron chi connectivity index (χ1n) is 6.77. The Morgan fingerprint density at radius 2 is 2.10 bits per heavy atom. The minimum atomic E-state index is -0.581. The molecule has 0 aliphatic heterocycles. The molecule has 2 rings (SSSR count). The number of hydrogen-bond donors (Lipinski definition) is 2. The van der Waals surface area contributed by atoms with Crippen LogP contribution in [-0.2, 0) is 0 Å². The van der Waals surface area contributed by atoms with Crippen molar-refractivity contribution < 1.29 is 9.84 Å². The van der Waals surface area contributed by atoms with E-state index in [1.165, 1.54) is 4.88 Å². The molecule has 0 radical (unpaired) electrons. The predicted molar refractivity (Wildman–Crippen MR) is 83.4 cm³/mol. The molecule has 0 saturated carbocycles. The van der Waals surface area contributed by atoms with Crippen molar-refractivity contribution in [2.75, 3.05) is 13.2 Å². The maximum absolute atomic E-state index is 9.92. The lowest BCUT2D eigenvalue weighted by atomic mass is 10.2. The molecular formula is C16H18N2O2S. The van der Waals surface area contributed by atoms with Gasteiger partial charge in [0, 0.05) is 17.5 Å². The molecule has 1 aromatic carbocycles. The van der Waals surface area contributed by atoms with Crippen LogP contribution in [0.5, 0.6) is 5.75 Å². The number of rotatable bonds is 7. The molecule has 1 unspecified atom stereocenters. The molecule has 0 aliphatic carbocycles. The first-order chi connectivity index (χ1) is 10.2. The molecule has 4 nitrogen and oxygen atoms in total. The van der Waals surface area contributed by atoms with E-state index in [0.29, 0.717) is 17.9 Å². The third kappa shape index (κ3) is 4.87. The SMILES string of the molecule is C[C@@H](NCC(O)COc1ccc(C#N)cc1)c1cccs1. The molecule has 0 bridgehead atoms. The van der Waals surface area contributed by atoms with Gasteiger partial charge in [-0.15, -0.1) is 11.3 Å². The van der Waals surface area contributed by atoms with Crippen molar-refractivity contribution >= 4 is 11.3 Å². The van der Waals surface area contributed by atoms with Crippen LogP contribution in [0, 0.1) is 11.3 Å². The Labute approximate surface area is 128 Å². The van der Waals surface area contributed by atoms with Gasteiger partial charge in [0.05, 0.1) is 11.6 Å². The van der Waals surface area contributed by atoms with Crippen LogP contribution in [0.1, 0.15) is 23.4 Å². The van der Waals surface area contributed by atoms with E-state index in [1.807, 2.05) is 11.4 Å². The van der Waals surface area contributed by atoms with Gasteiger partial charge < -0.3 is 15.2 Å². The third-order valence-electron chi connectivity index (χ3n) is 3.06. The molecule has 0 aliphatic rings. The van der Waals surface area contributed by atoms with Gasteiger partial charge in [-0.1, -0.05) is 6.07 Å². The van der Waals surface area contributed by atoms with Gasteiger partial charge in [0.25, 0.3) is 0 Å². The van der Waals surface area contributed by atoms with Crippen LogP contribution in [0.4, 0.5) is 0 Å². The minimum Gasteiger partial charge on any atom is -0.491 e. The van der Waals surface area contributed by atoms with Gasteiger partial charge in [-0.05, 0) is 42.6 Å². The Kier molecular flexibility index (Phi) is 5.76. The van der Waals surface area contributed by atoms with Crippen molar-refractivity contribution in [2.45, 2.75) is 19.1 Å². The fourth-order valence-corrected chi connectivity index (χ4v) is 2.59. The number of nitriles is 1. The van der Waals surface area contributed by atoms with Gasteiger partial charge in [0.2, 0.25) is 0 Å². The third-order valence-corrected chi connectivity index (χ3v) is 4.11. The molecule has 0 saturated heterocycles. The van der Waals surface area contributed by atoms with E-state index in [0.717, 1.165) is 0 Å². The van der Waals surface area contributed by atoms with Gasteiger partial charge >= 0.3 is 0 Å². The molecule has 110 valence electrons. The van der Waals surface area contributed by atoms with Gasteiger partial charge in [-0.3, -0.25) is 0 Å². The van der Waals surface area contributed by atoms with Crippen LogP contribution in [0.25, 0.3) is 0 Å². The summed E-state index contributed by atoms with van der Waals surface area (Å²) in [6.07, 6.45) is -0.581. The van der Waals surface area contributed by atoms with Crippen LogP contribution < -0.4 is 10.1 Å². The predicted octanol–water partition coefficient (Wildman–Crippen LogP) is 2.71. The van der Waals surface area contributed by atoms with Crippen molar-refractivity contribution in [2.24, 2.45) is 0 Å².